The van der Waals surface area contributed by atoms with Gasteiger partial charge in [-0.3, -0.25) is 9.59 Å². The van der Waals surface area contributed by atoms with E-state index < -0.39 is 23.7 Å². The van der Waals surface area contributed by atoms with Crippen molar-refractivity contribution < 1.29 is 22.8 Å². The fraction of sp³-hybridized carbons (Fsp3) is 0.300. The van der Waals surface area contributed by atoms with Crippen LogP contribution in [0.25, 0.3) is 0 Å². The Hall–Kier alpha value is -3.03. The van der Waals surface area contributed by atoms with E-state index in [0.29, 0.717) is 12.2 Å². The van der Waals surface area contributed by atoms with Gasteiger partial charge < -0.3 is 15.5 Å². The molecule has 2 amide bonds. The summed E-state index contributed by atoms with van der Waals surface area (Å²) in [5, 5.41) is 5.54. The van der Waals surface area contributed by atoms with Crippen molar-refractivity contribution in [3.05, 3.63) is 53.6 Å². The standard InChI is InChI=1S/C20H20F3N3O2/c1-12(19(28)25-16-5-3-4-15(11-16)20(21,22)23)24-17-6-7-18-14(10-17)8-9-26(18)13(2)27/h3-7,10-12,24H,8-9H2,1-2H3,(H,25,28)/t12-/m1/s1. The number of rotatable bonds is 4. The van der Waals surface area contributed by atoms with Gasteiger partial charge in [-0.1, -0.05) is 6.07 Å². The summed E-state index contributed by atoms with van der Waals surface area (Å²) in [6.07, 6.45) is -3.74. The lowest BCUT2D eigenvalue weighted by atomic mass is 10.1. The van der Waals surface area contributed by atoms with Crippen molar-refractivity contribution in [3.8, 4) is 0 Å². The number of halogens is 3. The van der Waals surface area contributed by atoms with Crippen LogP contribution in [0.4, 0.5) is 30.2 Å². The molecule has 0 spiro atoms. The molecule has 2 N–H and O–H groups in total. The average molecular weight is 391 g/mol. The number of hydrogen-bond donors (Lipinski definition) is 2. The second-order valence-corrected chi connectivity index (χ2v) is 6.70. The third-order valence-electron chi connectivity index (χ3n) is 4.59. The molecule has 0 bridgehead atoms. The maximum Gasteiger partial charge on any atom is 0.416 e. The Balaban J connectivity index is 1.66. The molecule has 0 aliphatic carbocycles. The SMILES string of the molecule is CC(=O)N1CCc2cc(N[C@H](C)C(=O)Nc3cccc(C(F)(F)F)c3)ccc21. The molecule has 28 heavy (non-hydrogen) atoms. The molecule has 3 rings (SSSR count). The van der Waals surface area contributed by atoms with Crippen LogP contribution in [-0.2, 0) is 22.2 Å². The Morgan fingerprint density at radius 2 is 1.86 bits per heavy atom. The number of carbonyl (C=O) groups is 2. The molecule has 1 aliphatic heterocycles. The molecule has 2 aromatic rings. The summed E-state index contributed by atoms with van der Waals surface area (Å²) < 4.78 is 38.4. The molecule has 1 heterocycles. The molecule has 2 aromatic carbocycles. The first-order chi connectivity index (χ1) is 13.1. The van der Waals surface area contributed by atoms with Crippen LogP contribution in [0.5, 0.6) is 0 Å². The van der Waals surface area contributed by atoms with Gasteiger partial charge in [-0.25, -0.2) is 0 Å². The van der Waals surface area contributed by atoms with E-state index in [1.54, 1.807) is 17.9 Å². The Bertz CT molecular complexity index is 912. The predicted molar refractivity (Wildman–Crippen MR) is 101 cm³/mol. The first-order valence-corrected chi connectivity index (χ1v) is 8.81. The lowest BCUT2D eigenvalue weighted by Crippen LogP contribution is -2.32. The van der Waals surface area contributed by atoms with E-state index in [1.807, 2.05) is 12.1 Å². The van der Waals surface area contributed by atoms with Crippen molar-refractivity contribution in [3.63, 3.8) is 0 Å². The van der Waals surface area contributed by atoms with E-state index in [-0.39, 0.29) is 11.6 Å². The van der Waals surface area contributed by atoms with Gasteiger partial charge >= 0.3 is 6.18 Å². The highest BCUT2D eigenvalue weighted by atomic mass is 19.4. The second-order valence-electron chi connectivity index (χ2n) is 6.70. The number of hydrogen-bond acceptors (Lipinski definition) is 3. The number of alkyl halides is 3. The minimum absolute atomic E-state index is 0.0201. The zero-order valence-electron chi connectivity index (χ0n) is 15.4. The Kier molecular flexibility index (Phi) is 5.31. The van der Waals surface area contributed by atoms with Crippen LogP contribution in [-0.4, -0.2) is 24.4 Å². The normalized spacial score (nSPS) is 14.4. The van der Waals surface area contributed by atoms with Crippen molar-refractivity contribution in [2.45, 2.75) is 32.5 Å². The maximum atomic E-state index is 12.8. The van der Waals surface area contributed by atoms with E-state index >= 15 is 0 Å². The van der Waals surface area contributed by atoms with Crippen LogP contribution < -0.4 is 15.5 Å². The second kappa shape index (κ2) is 7.53. The van der Waals surface area contributed by atoms with Crippen LogP contribution >= 0.6 is 0 Å². The molecular formula is C20H20F3N3O2. The molecule has 0 fully saturated rings. The monoisotopic (exact) mass is 391 g/mol. The van der Waals surface area contributed by atoms with Gasteiger partial charge in [0.05, 0.1) is 5.56 Å². The molecule has 1 atom stereocenters. The molecule has 5 nitrogen and oxygen atoms in total. The average Bonchev–Trinajstić information content (AvgIpc) is 3.04. The molecule has 0 saturated heterocycles. The fourth-order valence-corrected chi connectivity index (χ4v) is 3.16. The third-order valence-corrected chi connectivity index (χ3v) is 4.59. The lowest BCUT2D eigenvalue weighted by Gasteiger charge is -2.18. The number of anilines is 3. The van der Waals surface area contributed by atoms with E-state index in [0.717, 1.165) is 29.8 Å². The van der Waals surface area contributed by atoms with Crippen molar-refractivity contribution in [1.82, 2.24) is 0 Å². The molecule has 148 valence electrons. The minimum atomic E-state index is -4.47. The number of carbonyl (C=O) groups excluding carboxylic acids is 2. The minimum Gasteiger partial charge on any atom is -0.374 e. The topological polar surface area (TPSA) is 61.4 Å². The maximum absolute atomic E-state index is 12.8. The van der Waals surface area contributed by atoms with Gasteiger partial charge in [0.15, 0.2) is 0 Å². The lowest BCUT2D eigenvalue weighted by molar-refractivity contribution is -0.137. The zero-order chi connectivity index (χ0) is 20.5. The molecular weight excluding hydrogens is 371 g/mol. The van der Waals surface area contributed by atoms with E-state index in [1.165, 1.54) is 19.1 Å². The highest BCUT2D eigenvalue weighted by Gasteiger charge is 2.30. The highest BCUT2D eigenvalue weighted by Crippen LogP contribution is 2.32. The molecule has 0 unspecified atom stereocenters. The molecule has 0 radical (unpaired) electrons. The Morgan fingerprint density at radius 1 is 1.11 bits per heavy atom. The fourth-order valence-electron chi connectivity index (χ4n) is 3.16. The first kappa shape index (κ1) is 19.7. The van der Waals surface area contributed by atoms with Gasteiger partial charge in [0.2, 0.25) is 11.8 Å². The predicted octanol–water partition coefficient (Wildman–Crippen LogP) is 4.05. The van der Waals surface area contributed by atoms with Crippen LogP contribution in [0.1, 0.15) is 25.0 Å². The van der Waals surface area contributed by atoms with Crippen LogP contribution in [0.15, 0.2) is 42.5 Å². The number of nitrogens with one attached hydrogen (secondary N) is 2. The van der Waals surface area contributed by atoms with E-state index in [9.17, 15) is 22.8 Å². The molecule has 0 saturated carbocycles. The van der Waals surface area contributed by atoms with E-state index in [4.69, 9.17) is 0 Å². The molecule has 0 aromatic heterocycles. The number of nitrogens with zero attached hydrogens (tertiary/aromatic N) is 1. The Labute approximate surface area is 160 Å². The highest BCUT2D eigenvalue weighted by molar-refractivity contribution is 5.97. The van der Waals surface area contributed by atoms with Gasteiger partial charge in [0.25, 0.3) is 0 Å². The van der Waals surface area contributed by atoms with Gasteiger partial charge in [-0.15, -0.1) is 0 Å². The molecule has 1 aliphatic rings. The summed E-state index contributed by atoms with van der Waals surface area (Å²) >= 11 is 0. The Morgan fingerprint density at radius 3 is 2.54 bits per heavy atom. The quantitative estimate of drug-likeness (QED) is 0.827. The van der Waals surface area contributed by atoms with Crippen LogP contribution in [0.2, 0.25) is 0 Å². The van der Waals surface area contributed by atoms with Crippen LogP contribution in [0.3, 0.4) is 0 Å². The van der Waals surface area contributed by atoms with Gasteiger partial charge in [0, 0.05) is 30.5 Å². The van der Waals surface area contributed by atoms with Gasteiger partial charge in [0.1, 0.15) is 6.04 Å². The van der Waals surface area contributed by atoms with Crippen LogP contribution in [0, 0.1) is 0 Å². The largest absolute Gasteiger partial charge is 0.416 e. The summed E-state index contributed by atoms with van der Waals surface area (Å²) in [6, 6.07) is 9.31. The summed E-state index contributed by atoms with van der Waals surface area (Å²) in [5.41, 5.74) is 1.83. The van der Waals surface area contributed by atoms with Crippen molar-refractivity contribution in [2.24, 2.45) is 0 Å². The van der Waals surface area contributed by atoms with E-state index in [2.05, 4.69) is 10.6 Å². The molecule has 8 heteroatoms. The summed E-state index contributed by atoms with van der Waals surface area (Å²) in [7, 11) is 0. The summed E-state index contributed by atoms with van der Waals surface area (Å²) in [4.78, 5) is 25.6. The van der Waals surface area contributed by atoms with Crippen molar-refractivity contribution in [2.75, 3.05) is 22.1 Å². The number of fused-ring (bicyclic) bond motifs is 1. The van der Waals surface area contributed by atoms with Gasteiger partial charge in [-0.05, 0) is 55.3 Å². The summed E-state index contributed by atoms with van der Waals surface area (Å²) in [5.74, 6) is -0.474. The third kappa shape index (κ3) is 4.27. The smallest absolute Gasteiger partial charge is 0.374 e. The number of amides is 2. The summed E-state index contributed by atoms with van der Waals surface area (Å²) in [6.45, 7) is 3.76. The first-order valence-electron chi connectivity index (χ1n) is 8.81. The van der Waals surface area contributed by atoms with Crippen molar-refractivity contribution in [1.29, 1.82) is 0 Å². The van der Waals surface area contributed by atoms with Gasteiger partial charge in [-0.2, -0.15) is 13.2 Å². The zero-order valence-corrected chi connectivity index (χ0v) is 15.4. The van der Waals surface area contributed by atoms with Crippen molar-refractivity contribution >= 4 is 28.9 Å². The number of benzene rings is 2.